The van der Waals surface area contributed by atoms with Crippen LogP contribution in [0.3, 0.4) is 0 Å². The fourth-order valence-corrected chi connectivity index (χ4v) is 3.09. The predicted octanol–water partition coefficient (Wildman–Crippen LogP) is 2.88. The first-order chi connectivity index (χ1) is 11.1. The molecule has 5 heteroatoms. The highest BCUT2D eigenvalue weighted by Crippen LogP contribution is 2.17. The van der Waals surface area contributed by atoms with Gasteiger partial charge in [-0.2, -0.15) is 0 Å². The van der Waals surface area contributed by atoms with Crippen molar-refractivity contribution in [1.29, 1.82) is 0 Å². The van der Waals surface area contributed by atoms with Gasteiger partial charge in [-0.05, 0) is 43.7 Å². The van der Waals surface area contributed by atoms with Crippen molar-refractivity contribution in [2.45, 2.75) is 32.6 Å². The third-order valence-electron chi connectivity index (χ3n) is 3.93. The van der Waals surface area contributed by atoms with Crippen LogP contribution < -0.4 is 5.32 Å². The molecule has 2 atom stereocenters. The largest absolute Gasteiger partial charge is 0.373 e. The summed E-state index contributed by atoms with van der Waals surface area (Å²) in [6.07, 6.45) is 2.26. The summed E-state index contributed by atoms with van der Waals surface area (Å²) in [5.74, 6) is -0.124. The van der Waals surface area contributed by atoms with Crippen LogP contribution in [0, 0.1) is 0 Å². The van der Waals surface area contributed by atoms with Gasteiger partial charge in [-0.3, -0.25) is 9.69 Å². The average Bonchev–Trinajstić information content (AvgIpc) is 3.00. The minimum atomic E-state index is -0.124. The zero-order valence-corrected chi connectivity index (χ0v) is 13.6. The number of hydrogen-bond donors (Lipinski definition) is 2. The SMILES string of the molecule is C[C@@H]1CN(Cc2cccc(NC(=O)c3ccc[nH]3)c2)C[C@H](C)O1. The van der Waals surface area contributed by atoms with E-state index < -0.39 is 0 Å². The summed E-state index contributed by atoms with van der Waals surface area (Å²) in [4.78, 5) is 17.4. The van der Waals surface area contributed by atoms with Crippen LogP contribution in [0.25, 0.3) is 0 Å². The maximum Gasteiger partial charge on any atom is 0.272 e. The van der Waals surface area contributed by atoms with Crippen LogP contribution in [-0.2, 0) is 11.3 Å². The Balaban J connectivity index is 1.64. The Morgan fingerprint density at radius 2 is 2.04 bits per heavy atom. The number of morpholine rings is 1. The number of carbonyl (C=O) groups excluding carboxylic acids is 1. The first-order valence-corrected chi connectivity index (χ1v) is 8.01. The topological polar surface area (TPSA) is 57.4 Å². The second kappa shape index (κ2) is 6.98. The van der Waals surface area contributed by atoms with E-state index in [1.54, 1.807) is 12.3 Å². The zero-order chi connectivity index (χ0) is 16.2. The molecule has 1 fully saturated rings. The van der Waals surface area contributed by atoms with Crippen molar-refractivity contribution in [3.63, 3.8) is 0 Å². The van der Waals surface area contributed by atoms with Crippen molar-refractivity contribution in [3.8, 4) is 0 Å². The fourth-order valence-electron chi connectivity index (χ4n) is 3.09. The second-order valence-corrected chi connectivity index (χ2v) is 6.19. The molecule has 5 nitrogen and oxygen atoms in total. The third kappa shape index (κ3) is 4.21. The maximum absolute atomic E-state index is 12.1. The summed E-state index contributed by atoms with van der Waals surface area (Å²) in [7, 11) is 0. The predicted molar refractivity (Wildman–Crippen MR) is 90.5 cm³/mol. The molecule has 1 aliphatic rings. The molecule has 2 aromatic rings. The molecule has 1 aliphatic heterocycles. The Hall–Kier alpha value is -2.11. The number of anilines is 1. The van der Waals surface area contributed by atoms with E-state index in [9.17, 15) is 4.79 Å². The lowest BCUT2D eigenvalue weighted by atomic mass is 10.1. The quantitative estimate of drug-likeness (QED) is 0.912. The van der Waals surface area contributed by atoms with Crippen molar-refractivity contribution in [3.05, 3.63) is 53.9 Å². The molecule has 0 radical (unpaired) electrons. The van der Waals surface area contributed by atoms with Gasteiger partial charge in [0.1, 0.15) is 5.69 Å². The van der Waals surface area contributed by atoms with E-state index in [4.69, 9.17) is 4.74 Å². The fraction of sp³-hybridized carbons (Fsp3) is 0.389. The highest BCUT2D eigenvalue weighted by molar-refractivity contribution is 6.02. The number of amides is 1. The lowest BCUT2D eigenvalue weighted by Crippen LogP contribution is -2.44. The third-order valence-corrected chi connectivity index (χ3v) is 3.93. The molecule has 0 saturated carbocycles. The molecule has 0 bridgehead atoms. The molecule has 0 unspecified atom stereocenters. The van der Waals surface area contributed by atoms with Gasteiger partial charge in [0.2, 0.25) is 0 Å². The smallest absolute Gasteiger partial charge is 0.272 e. The van der Waals surface area contributed by atoms with Gasteiger partial charge in [0.25, 0.3) is 5.91 Å². The second-order valence-electron chi connectivity index (χ2n) is 6.19. The van der Waals surface area contributed by atoms with Crippen molar-refractivity contribution in [2.75, 3.05) is 18.4 Å². The summed E-state index contributed by atoms with van der Waals surface area (Å²) in [6, 6.07) is 11.6. The number of H-pyrrole nitrogens is 1. The van der Waals surface area contributed by atoms with E-state index in [2.05, 4.69) is 35.1 Å². The van der Waals surface area contributed by atoms with Crippen LogP contribution in [0.1, 0.15) is 29.9 Å². The Morgan fingerprint density at radius 3 is 2.74 bits per heavy atom. The standard InChI is InChI=1S/C18H23N3O2/c1-13-10-21(11-14(2)23-13)12-15-5-3-6-16(9-15)20-18(22)17-7-4-8-19-17/h3-9,13-14,19H,10-12H2,1-2H3,(H,20,22)/t13-,14+. The van der Waals surface area contributed by atoms with Gasteiger partial charge in [0.15, 0.2) is 0 Å². The number of hydrogen-bond acceptors (Lipinski definition) is 3. The van der Waals surface area contributed by atoms with Gasteiger partial charge in [-0.25, -0.2) is 0 Å². The van der Waals surface area contributed by atoms with Crippen LogP contribution in [0.5, 0.6) is 0 Å². The Bertz CT molecular complexity index is 644. The number of nitrogens with one attached hydrogen (secondary N) is 2. The molecule has 122 valence electrons. The van der Waals surface area contributed by atoms with Crippen LogP contribution in [0.2, 0.25) is 0 Å². The van der Waals surface area contributed by atoms with E-state index in [0.717, 1.165) is 25.3 Å². The van der Waals surface area contributed by atoms with Crippen LogP contribution in [0.4, 0.5) is 5.69 Å². The van der Waals surface area contributed by atoms with Gasteiger partial charge in [-0.15, -0.1) is 0 Å². The minimum absolute atomic E-state index is 0.124. The van der Waals surface area contributed by atoms with Crippen LogP contribution >= 0.6 is 0 Å². The molecule has 23 heavy (non-hydrogen) atoms. The Kier molecular flexibility index (Phi) is 4.79. The lowest BCUT2D eigenvalue weighted by Gasteiger charge is -2.35. The summed E-state index contributed by atoms with van der Waals surface area (Å²) >= 11 is 0. The van der Waals surface area contributed by atoms with E-state index >= 15 is 0 Å². The van der Waals surface area contributed by atoms with Crippen molar-refractivity contribution < 1.29 is 9.53 Å². The first kappa shape index (κ1) is 15.8. The molecular formula is C18H23N3O2. The van der Waals surface area contributed by atoms with Gasteiger partial charge in [0, 0.05) is 31.5 Å². The van der Waals surface area contributed by atoms with Gasteiger partial charge in [-0.1, -0.05) is 12.1 Å². The molecule has 0 aliphatic carbocycles. The van der Waals surface area contributed by atoms with Crippen LogP contribution in [0.15, 0.2) is 42.6 Å². The van der Waals surface area contributed by atoms with Gasteiger partial charge >= 0.3 is 0 Å². The van der Waals surface area contributed by atoms with Crippen molar-refractivity contribution in [1.82, 2.24) is 9.88 Å². The van der Waals surface area contributed by atoms with E-state index in [1.807, 2.05) is 24.3 Å². The van der Waals surface area contributed by atoms with E-state index in [-0.39, 0.29) is 18.1 Å². The maximum atomic E-state index is 12.1. The Morgan fingerprint density at radius 1 is 1.26 bits per heavy atom. The average molecular weight is 313 g/mol. The molecule has 3 rings (SSSR count). The van der Waals surface area contributed by atoms with Crippen molar-refractivity contribution >= 4 is 11.6 Å². The van der Waals surface area contributed by atoms with Crippen LogP contribution in [-0.4, -0.2) is 41.1 Å². The summed E-state index contributed by atoms with van der Waals surface area (Å²) < 4.78 is 5.77. The number of ether oxygens (including phenoxy) is 1. The van der Waals surface area contributed by atoms with Gasteiger partial charge in [0.05, 0.1) is 12.2 Å². The molecule has 1 amide bonds. The normalized spacial score (nSPS) is 22.0. The molecule has 1 aromatic heterocycles. The van der Waals surface area contributed by atoms with E-state index in [1.165, 1.54) is 5.56 Å². The highest BCUT2D eigenvalue weighted by Gasteiger charge is 2.22. The summed E-state index contributed by atoms with van der Waals surface area (Å²) in [6.45, 7) is 6.95. The molecule has 1 aromatic carbocycles. The monoisotopic (exact) mass is 313 g/mol. The highest BCUT2D eigenvalue weighted by atomic mass is 16.5. The molecule has 2 N–H and O–H groups in total. The van der Waals surface area contributed by atoms with Gasteiger partial charge < -0.3 is 15.0 Å². The first-order valence-electron chi connectivity index (χ1n) is 8.01. The molecule has 0 spiro atoms. The van der Waals surface area contributed by atoms with Crippen molar-refractivity contribution in [2.24, 2.45) is 0 Å². The summed E-state index contributed by atoms with van der Waals surface area (Å²) in [5.41, 5.74) is 2.57. The number of aromatic amines is 1. The number of aromatic nitrogens is 1. The number of rotatable bonds is 4. The van der Waals surface area contributed by atoms with E-state index in [0.29, 0.717) is 5.69 Å². The number of benzene rings is 1. The molecule has 1 saturated heterocycles. The lowest BCUT2D eigenvalue weighted by molar-refractivity contribution is -0.0704. The zero-order valence-electron chi connectivity index (χ0n) is 13.6. The minimum Gasteiger partial charge on any atom is -0.373 e. The molecular weight excluding hydrogens is 290 g/mol. The Labute approximate surface area is 136 Å². The number of nitrogens with zero attached hydrogens (tertiary/aromatic N) is 1. The number of carbonyl (C=O) groups is 1. The summed E-state index contributed by atoms with van der Waals surface area (Å²) in [5, 5.41) is 2.93. The molecule has 2 heterocycles.